The molecule has 7 nitrogen and oxygen atoms in total. The van der Waals surface area contributed by atoms with Crippen molar-refractivity contribution in [3.8, 4) is 5.75 Å². The fourth-order valence-corrected chi connectivity index (χ4v) is 3.40. The first-order chi connectivity index (χ1) is 13.6. The van der Waals surface area contributed by atoms with Gasteiger partial charge in [0.25, 0.3) is 0 Å². The lowest BCUT2D eigenvalue weighted by atomic mass is 10.0. The fraction of sp³-hybridized carbons (Fsp3) is 0.476. The van der Waals surface area contributed by atoms with Crippen LogP contribution in [0.25, 0.3) is 0 Å². The van der Waals surface area contributed by atoms with E-state index in [0.717, 1.165) is 24.5 Å². The number of nitrogens with zero attached hydrogens (tertiary/aromatic N) is 3. The second kappa shape index (κ2) is 11.0. The van der Waals surface area contributed by atoms with Gasteiger partial charge in [0.1, 0.15) is 17.6 Å². The van der Waals surface area contributed by atoms with E-state index in [0.29, 0.717) is 25.3 Å². The predicted octanol–water partition coefficient (Wildman–Crippen LogP) is 2.77. The topological polar surface area (TPSA) is 76.5 Å². The number of rotatable bonds is 8. The van der Waals surface area contributed by atoms with Gasteiger partial charge in [0.2, 0.25) is 5.91 Å². The zero-order valence-electron chi connectivity index (χ0n) is 17.0. The number of halogens is 1. The summed E-state index contributed by atoms with van der Waals surface area (Å²) in [5.41, 5.74) is 0.609. The van der Waals surface area contributed by atoms with Crippen molar-refractivity contribution in [2.24, 2.45) is 7.05 Å². The normalized spacial score (nSPS) is 16.2. The van der Waals surface area contributed by atoms with Gasteiger partial charge < -0.3 is 19.5 Å². The molecule has 8 heteroatoms. The minimum atomic E-state index is -0.105. The molecule has 3 rings (SSSR count). The van der Waals surface area contributed by atoms with Crippen LogP contribution in [0.3, 0.4) is 0 Å². The van der Waals surface area contributed by atoms with Gasteiger partial charge in [0, 0.05) is 57.5 Å². The largest absolute Gasteiger partial charge is 0.494 e. The number of imidazole rings is 1. The highest BCUT2D eigenvalue weighted by Gasteiger charge is 2.30. The molecular formula is C21H29ClN4O3. The Balaban J connectivity index is 0.00000300. The van der Waals surface area contributed by atoms with E-state index in [1.165, 1.54) is 0 Å². The summed E-state index contributed by atoms with van der Waals surface area (Å²) in [6, 6.07) is 7.03. The minimum Gasteiger partial charge on any atom is -0.494 e. The molecule has 1 aliphatic heterocycles. The number of ketones is 1. The number of ether oxygens (including phenoxy) is 1. The number of Topliss-reactive ketones (excluding diaryl/α,β-unsaturated/α-hetero) is 1. The van der Waals surface area contributed by atoms with Gasteiger partial charge in [-0.05, 0) is 30.7 Å². The summed E-state index contributed by atoms with van der Waals surface area (Å²) in [6.45, 7) is 4.74. The first kappa shape index (κ1) is 22.9. The number of piperazine rings is 1. The zero-order chi connectivity index (χ0) is 19.9. The molecule has 1 atom stereocenters. The van der Waals surface area contributed by atoms with E-state index in [1.807, 2.05) is 29.6 Å². The lowest BCUT2D eigenvalue weighted by Gasteiger charge is -2.35. The van der Waals surface area contributed by atoms with Crippen LogP contribution in [0, 0.1) is 0 Å². The number of aryl methyl sites for hydroxylation is 1. The maximum absolute atomic E-state index is 12.8. The number of hydrogen-bond acceptors (Lipinski definition) is 5. The first-order valence-electron chi connectivity index (χ1n) is 9.83. The summed E-state index contributed by atoms with van der Waals surface area (Å²) in [5, 5.41) is 3.32. The molecule has 0 aliphatic carbocycles. The third-order valence-corrected chi connectivity index (χ3v) is 4.94. The Hall–Kier alpha value is -2.38. The van der Waals surface area contributed by atoms with E-state index in [2.05, 4.69) is 10.3 Å². The molecular weight excluding hydrogens is 392 g/mol. The maximum Gasteiger partial charge on any atom is 0.223 e. The van der Waals surface area contributed by atoms with E-state index >= 15 is 0 Å². The molecule has 1 unspecified atom stereocenters. The highest BCUT2D eigenvalue weighted by atomic mass is 35.5. The summed E-state index contributed by atoms with van der Waals surface area (Å²) in [7, 11) is 1.93. The number of amides is 1. The predicted molar refractivity (Wildman–Crippen MR) is 114 cm³/mol. The highest BCUT2D eigenvalue weighted by Crippen LogP contribution is 2.22. The molecule has 1 saturated heterocycles. The van der Waals surface area contributed by atoms with E-state index < -0.39 is 0 Å². The summed E-state index contributed by atoms with van der Waals surface area (Å²) in [6.07, 6.45) is 4.96. The van der Waals surface area contributed by atoms with Crippen molar-refractivity contribution in [3.63, 3.8) is 0 Å². The van der Waals surface area contributed by atoms with Crippen LogP contribution in [0.1, 0.15) is 48.4 Å². The van der Waals surface area contributed by atoms with Gasteiger partial charge in [-0.3, -0.25) is 9.59 Å². The Labute approximate surface area is 177 Å². The van der Waals surface area contributed by atoms with Gasteiger partial charge in [-0.15, -0.1) is 12.4 Å². The molecule has 0 bridgehead atoms. The molecule has 0 spiro atoms. The van der Waals surface area contributed by atoms with E-state index in [4.69, 9.17) is 4.74 Å². The zero-order valence-corrected chi connectivity index (χ0v) is 17.8. The fourth-order valence-electron chi connectivity index (χ4n) is 3.40. The molecule has 0 saturated carbocycles. The number of carbonyl (C=O) groups is 2. The molecule has 1 aliphatic rings. The Morgan fingerprint density at radius 3 is 2.66 bits per heavy atom. The van der Waals surface area contributed by atoms with Crippen LogP contribution in [0.5, 0.6) is 5.75 Å². The first-order valence-corrected chi connectivity index (χ1v) is 9.83. The maximum atomic E-state index is 12.8. The van der Waals surface area contributed by atoms with Crippen molar-refractivity contribution in [2.75, 3.05) is 26.2 Å². The van der Waals surface area contributed by atoms with Crippen molar-refractivity contribution in [3.05, 3.63) is 48.0 Å². The second-order valence-electron chi connectivity index (χ2n) is 7.00. The monoisotopic (exact) mass is 420 g/mol. The number of nitrogens with one attached hydrogen (secondary N) is 1. The molecule has 1 N–H and O–H groups in total. The van der Waals surface area contributed by atoms with Crippen molar-refractivity contribution in [1.82, 2.24) is 19.8 Å². The summed E-state index contributed by atoms with van der Waals surface area (Å²) >= 11 is 0. The van der Waals surface area contributed by atoms with Gasteiger partial charge >= 0.3 is 0 Å². The molecule has 1 aromatic carbocycles. The van der Waals surface area contributed by atoms with Crippen LogP contribution < -0.4 is 10.1 Å². The minimum absolute atomic E-state index is 0. The van der Waals surface area contributed by atoms with Gasteiger partial charge in [-0.2, -0.15) is 0 Å². The van der Waals surface area contributed by atoms with Crippen LogP contribution in [0.4, 0.5) is 0 Å². The molecule has 158 valence electrons. The second-order valence-corrected chi connectivity index (χ2v) is 7.00. The Morgan fingerprint density at radius 1 is 1.24 bits per heavy atom. The molecule has 1 amide bonds. The van der Waals surface area contributed by atoms with Gasteiger partial charge in [-0.25, -0.2) is 4.98 Å². The summed E-state index contributed by atoms with van der Waals surface area (Å²) in [4.78, 5) is 31.5. The SMILES string of the molecule is CCCOc1ccc(C(=O)CCC(=O)N2CCNCC2c2nccn2C)cc1.Cl. The third-order valence-electron chi connectivity index (χ3n) is 4.94. The van der Waals surface area contributed by atoms with Gasteiger partial charge in [-0.1, -0.05) is 6.92 Å². The van der Waals surface area contributed by atoms with Crippen LogP contribution in [-0.2, 0) is 11.8 Å². The van der Waals surface area contributed by atoms with E-state index in [-0.39, 0.29) is 43.0 Å². The molecule has 0 radical (unpaired) electrons. The van der Waals surface area contributed by atoms with Crippen LogP contribution in [0.15, 0.2) is 36.7 Å². The Kier molecular flexibility index (Phi) is 8.67. The number of carbonyl (C=O) groups excluding carboxylic acids is 2. The van der Waals surface area contributed by atoms with E-state index in [9.17, 15) is 9.59 Å². The Morgan fingerprint density at radius 2 is 2.00 bits per heavy atom. The van der Waals surface area contributed by atoms with Gasteiger partial charge in [0.15, 0.2) is 5.78 Å². The van der Waals surface area contributed by atoms with E-state index in [1.54, 1.807) is 30.5 Å². The molecule has 1 fully saturated rings. The highest BCUT2D eigenvalue weighted by molar-refractivity contribution is 5.98. The number of hydrogen-bond donors (Lipinski definition) is 1. The van der Waals surface area contributed by atoms with Crippen molar-refractivity contribution in [2.45, 2.75) is 32.2 Å². The average Bonchev–Trinajstić information content (AvgIpc) is 3.16. The Bertz CT molecular complexity index is 807. The van der Waals surface area contributed by atoms with Crippen LogP contribution in [-0.4, -0.2) is 52.4 Å². The number of benzene rings is 1. The molecule has 1 aromatic heterocycles. The van der Waals surface area contributed by atoms with Crippen molar-refractivity contribution < 1.29 is 14.3 Å². The smallest absolute Gasteiger partial charge is 0.223 e. The molecule has 2 aromatic rings. The molecule has 2 heterocycles. The van der Waals surface area contributed by atoms with Crippen LogP contribution in [0.2, 0.25) is 0 Å². The standard InChI is InChI=1S/C21H28N4O3.ClH/c1-3-14-28-17-6-4-16(5-7-17)19(26)8-9-20(27)25-13-10-22-15-18(25)21-23-11-12-24(21)2;/h4-7,11-12,18,22H,3,8-10,13-15H2,1-2H3;1H. The lowest BCUT2D eigenvalue weighted by Crippen LogP contribution is -2.49. The number of aromatic nitrogens is 2. The molecule has 29 heavy (non-hydrogen) atoms. The van der Waals surface area contributed by atoms with Crippen molar-refractivity contribution in [1.29, 1.82) is 0 Å². The summed E-state index contributed by atoms with van der Waals surface area (Å²) < 4.78 is 7.47. The van der Waals surface area contributed by atoms with Crippen LogP contribution >= 0.6 is 12.4 Å². The third kappa shape index (κ3) is 5.81. The average molecular weight is 421 g/mol. The quantitative estimate of drug-likeness (QED) is 0.664. The van der Waals surface area contributed by atoms with Gasteiger partial charge in [0.05, 0.1) is 6.61 Å². The summed E-state index contributed by atoms with van der Waals surface area (Å²) in [5.74, 6) is 1.58. The lowest BCUT2D eigenvalue weighted by molar-refractivity contribution is -0.134. The van der Waals surface area contributed by atoms with Crippen molar-refractivity contribution >= 4 is 24.1 Å².